The summed E-state index contributed by atoms with van der Waals surface area (Å²) in [5.74, 6) is -6.66. The number of hydrogen-bond acceptors (Lipinski definition) is 12. The van der Waals surface area contributed by atoms with E-state index in [1.807, 2.05) is 0 Å². The summed E-state index contributed by atoms with van der Waals surface area (Å²) in [6, 6.07) is -3.02. The van der Waals surface area contributed by atoms with Crippen LogP contribution in [0.4, 0.5) is 0 Å². The van der Waals surface area contributed by atoms with Crippen LogP contribution in [0.15, 0.2) is 39.2 Å². The molecule has 3 aliphatic rings. The highest BCUT2D eigenvalue weighted by Gasteiger charge is 2.44. The smallest absolute Gasteiger partial charge is 0.246 e. The maximum absolute atomic E-state index is 14.6. The Hall–Kier alpha value is -7.41. The molecular formula is C42H67N17O9. The lowest BCUT2D eigenvalue weighted by molar-refractivity contribution is -0.148. The maximum atomic E-state index is 14.6. The first-order valence-electron chi connectivity index (χ1n) is 22.7. The molecule has 0 unspecified atom stereocenters. The normalized spacial score (nSPS) is 24.2. The van der Waals surface area contributed by atoms with Crippen molar-refractivity contribution in [2.45, 2.75) is 126 Å². The van der Waals surface area contributed by atoms with Gasteiger partial charge in [0.2, 0.25) is 47.3 Å². The number of primary amides is 1. The van der Waals surface area contributed by atoms with Gasteiger partial charge in [0.1, 0.15) is 48.0 Å². The van der Waals surface area contributed by atoms with Gasteiger partial charge in [-0.15, -0.1) is 0 Å². The molecular weight excluding hydrogens is 887 g/mol. The number of guanidine groups is 3. The van der Waals surface area contributed by atoms with Crippen molar-refractivity contribution in [3.8, 4) is 5.75 Å². The molecule has 7 atom stereocenters. The maximum Gasteiger partial charge on any atom is 0.246 e. The third-order valence-corrected chi connectivity index (χ3v) is 11.7. The molecule has 26 nitrogen and oxygen atoms in total. The molecule has 374 valence electrons. The average molecular weight is 954 g/mol. The molecule has 8 amide bonds. The number of aromatic hydroxyl groups is 1. The topological polar surface area (TPSA) is 443 Å². The first kappa shape index (κ1) is 53.2. The number of carbonyl (C=O) groups is 8. The number of phenols is 1. The van der Waals surface area contributed by atoms with E-state index in [2.05, 4.69) is 41.6 Å². The Morgan fingerprint density at radius 1 is 0.529 bits per heavy atom. The van der Waals surface area contributed by atoms with Gasteiger partial charge in [0.25, 0.3) is 0 Å². The first-order chi connectivity index (χ1) is 32.3. The van der Waals surface area contributed by atoms with Gasteiger partial charge in [-0.3, -0.25) is 53.3 Å². The van der Waals surface area contributed by atoms with Crippen LogP contribution >= 0.6 is 0 Å². The monoisotopic (exact) mass is 954 g/mol. The quantitative estimate of drug-likeness (QED) is 0.0394. The Labute approximate surface area is 393 Å². The van der Waals surface area contributed by atoms with Crippen LogP contribution in [0.5, 0.6) is 5.75 Å². The van der Waals surface area contributed by atoms with Crippen molar-refractivity contribution in [2.24, 2.45) is 55.1 Å². The van der Waals surface area contributed by atoms with Gasteiger partial charge in [0.05, 0.1) is 0 Å². The summed E-state index contributed by atoms with van der Waals surface area (Å²) in [7, 11) is 0. The fraction of sp³-hybridized carbons (Fsp3) is 0.595. The summed E-state index contributed by atoms with van der Waals surface area (Å²) < 4.78 is 0. The van der Waals surface area contributed by atoms with Crippen molar-refractivity contribution in [1.82, 2.24) is 36.4 Å². The van der Waals surface area contributed by atoms with Crippen molar-refractivity contribution >= 4 is 65.1 Å². The Morgan fingerprint density at radius 2 is 0.926 bits per heavy atom. The van der Waals surface area contributed by atoms with Crippen LogP contribution in [0.1, 0.15) is 82.6 Å². The summed E-state index contributed by atoms with van der Waals surface area (Å²) in [6.07, 6.45) is 0.885. The second kappa shape index (κ2) is 26.1. The zero-order valence-corrected chi connectivity index (χ0v) is 38.1. The van der Waals surface area contributed by atoms with Crippen LogP contribution in [0.3, 0.4) is 0 Å². The van der Waals surface area contributed by atoms with E-state index in [-0.39, 0.29) is 127 Å². The second-order valence-electron chi connectivity index (χ2n) is 16.9. The van der Waals surface area contributed by atoms with Gasteiger partial charge in [0.15, 0.2) is 17.9 Å². The van der Waals surface area contributed by atoms with E-state index in [1.54, 1.807) is 12.1 Å². The van der Waals surface area contributed by atoms with Crippen LogP contribution in [-0.4, -0.2) is 155 Å². The number of fused-ring (bicyclic) bond motifs is 2. The highest BCUT2D eigenvalue weighted by molar-refractivity contribution is 5.99. The molecule has 1 aromatic rings. The summed E-state index contributed by atoms with van der Waals surface area (Å²) in [4.78, 5) is 127. The molecule has 68 heavy (non-hydrogen) atoms. The van der Waals surface area contributed by atoms with Crippen LogP contribution in [0, 0.1) is 0 Å². The molecule has 3 heterocycles. The van der Waals surface area contributed by atoms with Crippen molar-refractivity contribution in [3.63, 3.8) is 0 Å². The lowest BCUT2D eigenvalue weighted by Gasteiger charge is -2.33. The van der Waals surface area contributed by atoms with Gasteiger partial charge in [-0.1, -0.05) is 12.1 Å². The summed E-state index contributed by atoms with van der Waals surface area (Å²) in [6.45, 7) is 0.516. The fourth-order valence-corrected chi connectivity index (χ4v) is 8.28. The Bertz CT molecular complexity index is 2050. The lowest BCUT2D eigenvalue weighted by Crippen LogP contribution is -2.59. The zero-order valence-electron chi connectivity index (χ0n) is 38.1. The fourth-order valence-electron chi connectivity index (χ4n) is 8.28. The predicted octanol–water partition coefficient (Wildman–Crippen LogP) is -5.22. The van der Waals surface area contributed by atoms with E-state index in [4.69, 9.17) is 40.1 Å². The number of phenolic OH excluding ortho intramolecular Hbond substituents is 1. The number of hydrogen-bond donors (Lipinski definition) is 13. The molecule has 0 aliphatic carbocycles. The van der Waals surface area contributed by atoms with Crippen molar-refractivity contribution < 1.29 is 43.5 Å². The molecule has 1 aromatic carbocycles. The van der Waals surface area contributed by atoms with E-state index in [0.29, 0.717) is 18.4 Å². The van der Waals surface area contributed by atoms with Gasteiger partial charge in [0, 0.05) is 45.6 Å². The van der Waals surface area contributed by atoms with Crippen LogP contribution in [0.25, 0.3) is 0 Å². The number of benzene rings is 1. The molecule has 3 fully saturated rings. The number of nitrogens with two attached hydrogens (primary N) is 7. The van der Waals surface area contributed by atoms with E-state index in [0.717, 1.165) is 0 Å². The average Bonchev–Trinajstić information content (AvgIpc) is 3.99. The zero-order chi connectivity index (χ0) is 49.9. The Morgan fingerprint density at radius 3 is 1.40 bits per heavy atom. The highest BCUT2D eigenvalue weighted by Crippen LogP contribution is 2.27. The number of aliphatic imine (C=N–C) groups is 3. The molecule has 20 N–H and O–H groups in total. The van der Waals surface area contributed by atoms with Gasteiger partial charge in [-0.05, 0) is 88.3 Å². The summed E-state index contributed by atoms with van der Waals surface area (Å²) in [5, 5.41) is 23.4. The lowest BCUT2D eigenvalue weighted by atomic mass is 10.0. The highest BCUT2D eigenvalue weighted by atomic mass is 16.3. The molecule has 0 radical (unpaired) electrons. The van der Waals surface area contributed by atoms with E-state index in [9.17, 15) is 43.5 Å². The number of rotatable bonds is 17. The van der Waals surface area contributed by atoms with E-state index in [1.165, 1.54) is 21.9 Å². The summed E-state index contributed by atoms with van der Waals surface area (Å²) >= 11 is 0. The predicted molar refractivity (Wildman–Crippen MR) is 249 cm³/mol. The minimum Gasteiger partial charge on any atom is -0.508 e. The van der Waals surface area contributed by atoms with Gasteiger partial charge in [-0.25, -0.2) is 0 Å². The van der Waals surface area contributed by atoms with E-state index < -0.39 is 89.6 Å². The standard InChI is InChI=1S/C42H67N17O9/c43-32(61)16-15-27-35(64)53-26(7-2-18-51-41(46)47)34(63)56-28(8-3-19-52-42(48)49)38(67)59-21-5-10-31(59)39(68)58-20-4-9-30(58)37(66)57-29(22-23-11-13-24(60)14-12-23)36(65)54-25(33(62)55-27)6-1-17-50-40(44)45/h11-14,25-31,60H,1-10,15-22H2,(H2,43,61)(H,53,64)(H,54,65)(H,55,62)(H,56,63)(H,57,66)(H4,44,45,50)(H4,46,47,51)(H4,48,49,52)/t25-,26-,27-,28-,29-,30-,31-/m0/s1. The number of amides is 8. The molecule has 3 aliphatic heterocycles. The van der Waals surface area contributed by atoms with Crippen molar-refractivity contribution in [2.75, 3.05) is 32.7 Å². The molecule has 3 saturated heterocycles. The Kier molecular flexibility index (Phi) is 20.4. The van der Waals surface area contributed by atoms with Crippen molar-refractivity contribution in [1.29, 1.82) is 0 Å². The van der Waals surface area contributed by atoms with Crippen molar-refractivity contribution in [3.05, 3.63) is 29.8 Å². The molecule has 26 heteroatoms. The number of nitrogens with zero attached hydrogens (tertiary/aromatic N) is 5. The largest absolute Gasteiger partial charge is 0.508 e. The van der Waals surface area contributed by atoms with E-state index >= 15 is 0 Å². The minimum atomic E-state index is -1.51. The Balaban J connectivity index is 1.82. The number of nitrogens with one attached hydrogen (secondary N) is 5. The second-order valence-corrected chi connectivity index (χ2v) is 16.9. The third-order valence-electron chi connectivity index (χ3n) is 11.7. The third kappa shape index (κ3) is 16.5. The van der Waals surface area contributed by atoms with Crippen LogP contribution in [0.2, 0.25) is 0 Å². The minimum absolute atomic E-state index is 0.00743. The van der Waals surface area contributed by atoms with Gasteiger partial charge >= 0.3 is 0 Å². The molecule has 0 aromatic heterocycles. The first-order valence-corrected chi connectivity index (χ1v) is 22.7. The summed E-state index contributed by atoms with van der Waals surface area (Å²) in [5.41, 5.74) is 39.1. The molecule has 0 saturated carbocycles. The molecule has 0 bridgehead atoms. The SMILES string of the molecule is NC(=O)CC[C@@H]1NC(=O)[C@H](CCCN=C(N)N)NC(=O)[C@H](Cc2ccc(O)cc2)NC(=O)[C@@H]2CCCN2C(=O)[C@@H]2CCCN2C(=O)[C@H](CCCN=C(N)N)NC(=O)[C@H](CCCN=C(N)N)NC1=O. The van der Waals surface area contributed by atoms with Crippen LogP contribution in [-0.2, 0) is 44.8 Å². The number of carbonyl (C=O) groups excluding carboxylic acids is 8. The van der Waals surface area contributed by atoms with Gasteiger partial charge in [-0.2, -0.15) is 0 Å². The molecule has 4 rings (SSSR count). The van der Waals surface area contributed by atoms with Crippen LogP contribution < -0.4 is 66.7 Å². The van der Waals surface area contributed by atoms with Gasteiger partial charge < -0.3 is 81.6 Å². The molecule has 0 spiro atoms.